The number of amides is 2. The minimum atomic E-state index is -0.928. The highest BCUT2D eigenvalue weighted by molar-refractivity contribution is 5.85. The van der Waals surface area contributed by atoms with Crippen LogP contribution in [-0.2, 0) is 9.59 Å². The molecule has 0 bridgehead atoms. The van der Waals surface area contributed by atoms with Crippen molar-refractivity contribution in [3.05, 3.63) is 12.2 Å². The Balaban J connectivity index is 3.81. The molecule has 0 rings (SSSR count). The van der Waals surface area contributed by atoms with Gasteiger partial charge in [-0.1, -0.05) is 12.2 Å². The number of nitrogens with two attached hydrogens (primary N) is 3. The highest BCUT2D eigenvalue weighted by Gasteiger charge is 2.26. The number of carbonyl (C=O) groups is 2. The van der Waals surface area contributed by atoms with E-state index < -0.39 is 17.0 Å². The monoisotopic (exact) mass is 298 g/mol. The minimum absolute atomic E-state index is 0.139. The molecule has 0 saturated heterocycles. The van der Waals surface area contributed by atoms with Gasteiger partial charge in [0.1, 0.15) is 0 Å². The lowest BCUT2D eigenvalue weighted by Crippen LogP contribution is -2.50. The van der Waals surface area contributed by atoms with Gasteiger partial charge in [0.2, 0.25) is 11.8 Å². The van der Waals surface area contributed by atoms with Crippen LogP contribution in [0.1, 0.15) is 52.4 Å². The van der Waals surface area contributed by atoms with Gasteiger partial charge in [0.05, 0.1) is 11.1 Å². The minimum Gasteiger partial charge on any atom is -0.368 e. The summed E-state index contributed by atoms with van der Waals surface area (Å²) < 4.78 is 0. The Bertz CT molecular complexity index is 376. The van der Waals surface area contributed by atoms with Crippen molar-refractivity contribution in [2.45, 2.75) is 63.5 Å². The van der Waals surface area contributed by atoms with Gasteiger partial charge in [-0.05, 0) is 52.4 Å². The van der Waals surface area contributed by atoms with Crippen molar-refractivity contribution in [3.63, 3.8) is 0 Å². The Morgan fingerprint density at radius 1 is 1.00 bits per heavy atom. The summed E-state index contributed by atoms with van der Waals surface area (Å²) >= 11 is 0. The van der Waals surface area contributed by atoms with Crippen LogP contribution in [0.25, 0.3) is 0 Å². The Labute approximate surface area is 127 Å². The third kappa shape index (κ3) is 7.82. The number of rotatable bonds is 10. The van der Waals surface area contributed by atoms with Crippen molar-refractivity contribution in [2.75, 3.05) is 7.05 Å². The number of unbranched alkanes of at least 4 members (excludes halogenated alkanes) is 2. The summed E-state index contributed by atoms with van der Waals surface area (Å²) in [4.78, 5) is 22.5. The first-order valence-electron chi connectivity index (χ1n) is 7.38. The maximum absolute atomic E-state index is 11.5. The van der Waals surface area contributed by atoms with Gasteiger partial charge < -0.3 is 22.5 Å². The summed E-state index contributed by atoms with van der Waals surface area (Å²) in [6.45, 7) is 3.39. The fraction of sp³-hybridized carbons (Fsp3) is 0.733. The molecule has 2 amide bonds. The molecule has 0 aliphatic carbocycles. The summed E-state index contributed by atoms with van der Waals surface area (Å²) in [5.74, 6) is -0.608. The number of carbonyl (C=O) groups excluding carboxylic acids is 2. The second-order valence-corrected chi connectivity index (χ2v) is 6.03. The molecule has 0 aromatic carbocycles. The van der Waals surface area contributed by atoms with Gasteiger partial charge >= 0.3 is 0 Å². The number of likely N-dealkylation sites (N-methyl/N-ethyl adjacent to an activating group) is 1. The first kappa shape index (κ1) is 19.6. The van der Waals surface area contributed by atoms with Crippen LogP contribution in [0.5, 0.6) is 0 Å². The lowest BCUT2D eigenvalue weighted by Gasteiger charge is -2.21. The van der Waals surface area contributed by atoms with Gasteiger partial charge in [0.15, 0.2) is 0 Å². The second-order valence-electron chi connectivity index (χ2n) is 6.03. The normalized spacial score (nSPS) is 17.2. The van der Waals surface area contributed by atoms with Crippen molar-refractivity contribution in [1.29, 1.82) is 0 Å². The van der Waals surface area contributed by atoms with Gasteiger partial charge in [-0.15, -0.1) is 0 Å². The van der Waals surface area contributed by atoms with E-state index in [2.05, 4.69) is 17.5 Å². The molecule has 2 atom stereocenters. The molecule has 0 aliphatic rings. The highest BCUT2D eigenvalue weighted by Crippen LogP contribution is 2.13. The van der Waals surface area contributed by atoms with E-state index >= 15 is 0 Å². The summed E-state index contributed by atoms with van der Waals surface area (Å²) in [6, 6.07) is 0. The Hall–Kier alpha value is -1.40. The van der Waals surface area contributed by atoms with E-state index in [1.807, 2.05) is 0 Å². The number of hydrogen-bond acceptors (Lipinski definition) is 4. The molecule has 0 spiro atoms. The van der Waals surface area contributed by atoms with Crippen LogP contribution < -0.4 is 22.5 Å². The topological polar surface area (TPSA) is 124 Å². The Morgan fingerprint density at radius 2 is 1.43 bits per heavy atom. The van der Waals surface area contributed by atoms with E-state index in [1.165, 1.54) is 0 Å². The zero-order valence-corrected chi connectivity index (χ0v) is 13.4. The fourth-order valence-corrected chi connectivity index (χ4v) is 1.93. The summed E-state index contributed by atoms with van der Waals surface area (Å²) in [7, 11) is 1.59. The van der Waals surface area contributed by atoms with Crippen molar-refractivity contribution in [2.24, 2.45) is 17.2 Å². The average Bonchev–Trinajstić information content (AvgIpc) is 2.40. The third-order valence-electron chi connectivity index (χ3n) is 3.61. The molecule has 0 aromatic heterocycles. The molecule has 0 heterocycles. The second kappa shape index (κ2) is 8.79. The predicted molar refractivity (Wildman–Crippen MR) is 85.3 cm³/mol. The fourth-order valence-electron chi connectivity index (χ4n) is 1.93. The first-order valence-corrected chi connectivity index (χ1v) is 7.38. The molecule has 0 aliphatic heterocycles. The van der Waals surface area contributed by atoms with Gasteiger partial charge in [-0.25, -0.2) is 0 Å². The molecule has 6 nitrogen and oxygen atoms in total. The van der Waals surface area contributed by atoms with E-state index in [0.717, 1.165) is 25.7 Å². The molecule has 0 unspecified atom stereocenters. The smallest absolute Gasteiger partial charge is 0.239 e. The maximum atomic E-state index is 11.5. The number of nitrogens with one attached hydrogen (secondary N) is 1. The van der Waals surface area contributed by atoms with Crippen LogP contribution in [0.2, 0.25) is 0 Å². The maximum Gasteiger partial charge on any atom is 0.239 e. The lowest BCUT2D eigenvalue weighted by atomic mass is 9.94. The van der Waals surface area contributed by atoms with Crippen LogP contribution in [-0.4, -0.2) is 29.9 Å². The number of hydrogen-bond donors (Lipinski definition) is 4. The first-order chi connectivity index (χ1) is 9.63. The zero-order valence-electron chi connectivity index (χ0n) is 13.4. The quantitative estimate of drug-likeness (QED) is 0.347. The molecule has 0 saturated carbocycles. The Kier molecular flexibility index (Phi) is 8.21. The standard InChI is InChI=1S/C15H30N4O2/c1-14(17,12(16)20)10-8-6-4-5-7-9-11-15(2,18)13(21)19-3/h4-5H,6-11,17-18H2,1-3H3,(H2,16,20)(H,19,21)/b5-4+/t14-,15-/m0/s1. The highest BCUT2D eigenvalue weighted by atomic mass is 16.2. The zero-order chi connectivity index (χ0) is 16.5. The van der Waals surface area contributed by atoms with Crippen LogP contribution in [0, 0.1) is 0 Å². The SMILES string of the molecule is CNC(=O)[C@@](C)(N)CCC/C=C/CCC[C@](C)(N)C(N)=O. The molecule has 7 N–H and O–H groups in total. The number of primary amides is 1. The van der Waals surface area contributed by atoms with Crippen molar-refractivity contribution >= 4 is 11.8 Å². The molecule has 0 aromatic rings. The van der Waals surface area contributed by atoms with Crippen molar-refractivity contribution < 1.29 is 9.59 Å². The largest absolute Gasteiger partial charge is 0.368 e. The van der Waals surface area contributed by atoms with Gasteiger partial charge in [-0.2, -0.15) is 0 Å². The molecular formula is C15H30N4O2. The van der Waals surface area contributed by atoms with Gasteiger partial charge in [0, 0.05) is 7.05 Å². The molecular weight excluding hydrogens is 268 g/mol. The lowest BCUT2D eigenvalue weighted by molar-refractivity contribution is -0.125. The van der Waals surface area contributed by atoms with E-state index in [-0.39, 0.29) is 5.91 Å². The molecule has 0 radical (unpaired) electrons. The van der Waals surface area contributed by atoms with E-state index in [1.54, 1.807) is 20.9 Å². The summed E-state index contributed by atoms with van der Waals surface area (Å²) in [5.41, 5.74) is 15.1. The van der Waals surface area contributed by atoms with Crippen LogP contribution in [0.4, 0.5) is 0 Å². The van der Waals surface area contributed by atoms with Gasteiger partial charge in [0.25, 0.3) is 0 Å². The number of allylic oxidation sites excluding steroid dienone is 2. The molecule has 122 valence electrons. The molecule has 6 heteroatoms. The Morgan fingerprint density at radius 3 is 1.81 bits per heavy atom. The predicted octanol–water partition coefficient (Wildman–Crippen LogP) is 0.549. The van der Waals surface area contributed by atoms with Crippen LogP contribution in [0.15, 0.2) is 12.2 Å². The van der Waals surface area contributed by atoms with E-state index in [0.29, 0.717) is 12.8 Å². The van der Waals surface area contributed by atoms with Crippen LogP contribution >= 0.6 is 0 Å². The summed E-state index contributed by atoms with van der Waals surface area (Å²) in [5, 5.41) is 2.57. The van der Waals surface area contributed by atoms with Crippen molar-refractivity contribution in [3.8, 4) is 0 Å². The molecule has 0 fully saturated rings. The van der Waals surface area contributed by atoms with Crippen molar-refractivity contribution in [1.82, 2.24) is 5.32 Å². The van der Waals surface area contributed by atoms with E-state index in [4.69, 9.17) is 17.2 Å². The van der Waals surface area contributed by atoms with Crippen LogP contribution in [0.3, 0.4) is 0 Å². The van der Waals surface area contributed by atoms with E-state index in [9.17, 15) is 9.59 Å². The van der Waals surface area contributed by atoms with Gasteiger partial charge in [-0.3, -0.25) is 9.59 Å². The summed E-state index contributed by atoms with van der Waals surface area (Å²) in [6.07, 6.45) is 8.74. The average molecular weight is 298 g/mol. The third-order valence-corrected chi connectivity index (χ3v) is 3.61. The molecule has 21 heavy (non-hydrogen) atoms.